The largest absolute Gasteiger partial charge is 0.348 e. The van der Waals surface area contributed by atoms with Gasteiger partial charge in [-0.2, -0.15) is 0 Å². The van der Waals surface area contributed by atoms with Crippen LogP contribution < -0.4 is 26.9 Å². The molecule has 0 aromatic rings. The molecule has 2 rings (SSSR count). The summed E-state index contributed by atoms with van der Waals surface area (Å²) in [5, 5.41) is 10.7. The normalized spacial score (nSPS) is 24.8. The Hall–Kier alpha value is -0.690. The molecule has 1 atom stereocenters. The smallest absolute Gasteiger partial charge is 0.327 e. The number of halogens is 1. The van der Waals surface area contributed by atoms with Crippen molar-refractivity contribution in [3.8, 4) is 0 Å². The fourth-order valence-corrected chi connectivity index (χ4v) is 5.24. The maximum atomic E-state index is 10.7. The standard InChI is InChI=1S/C12H16IN2O2/c14-11-5-1-3-9(7-11)13-10-4-2-6-12(8-10)15(16)17/h3,6,8,11H,1-2,4-5,7,14H2/q+1. The lowest BCUT2D eigenvalue weighted by Crippen LogP contribution is -3.60. The fourth-order valence-electron chi connectivity index (χ4n) is 1.97. The summed E-state index contributed by atoms with van der Waals surface area (Å²) in [4.78, 5) is 10.4. The fraction of sp³-hybridized carbons (Fsp3) is 0.500. The van der Waals surface area contributed by atoms with Gasteiger partial charge in [0.2, 0.25) is 0 Å². The molecule has 0 amide bonds. The van der Waals surface area contributed by atoms with Gasteiger partial charge in [0.05, 0.1) is 11.0 Å². The summed E-state index contributed by atoms with van der Waals surface area (Å²) in [5.74, 6) is 0. The van der Waals surface area contributed by atoms with E-state index >= 15 is 0 Å². The van der Waals surface area contributed by atoms with Crippen LogP contribution in [0.25, 0.3) is 0 Å². The molecule has 0 aromatic carbocycles. The first-order valence-electron chi connectivity index (χ1n) is 5.79. The average Bonchev–Trinajstić information content (AvgIpc) is 2.29. The van der Waals surface area contributed by atoms with E-state index in [4.69, 9.17) is 5.73 Å². The van der Waals surface area contributed by atoms with Gasteiger partial charge < -0.3 is 5.73 Å². The van der Waals surface area contributed by atoms with Crippen LogP contribution in [-0.4, -0.2) is 11.0 Å². The molecule has 0 saturated heterocycles. The number of allylic oxidation sites excluding steroid dienone is 4. The summed E-state index contributed by atoms with van der Waals surface area (Å²) in [6.07, 6.45) is 10.7. The van der Waals surface area contributed by atoms with Crippen LogP contribution in [0.1, 0.15) is 32.1 Å². The zero-order valence-corrected chi connectivity index (χ0v) is 11.7. The van der Waals surface area contributed by atoms with E-state index in [0.717, 1.165) is 32.1 Å². The van der Waals surface area contributed by atoms with Gasteiger partial charge in [0.1, 0.15) is 0 Å². The van der Waals surface area contributed by atoms with Crippen LogP contribution in [0.3, 0.4) is 0 Å². The summed E-state index contributed by atoms with van der Waals surface area (Å²) in [6.45, 7) is 0. The van der Waals surface area contributed by atoms with Crippen LogP contribution in [0.2, 0.25) is 0 Å². The Balaban J connectivity index is 2.02. The quantitative estimate of drug-likeness (QED) is 0.417. The van der Waals surface area contributed by atoms with Crippen LogP contribution >= 0.6 is 0 Å². The van der Waals surface area contributed by atoms with E-state index < -0.39 is 0 Å². The average molecular weight is 347 g/mol. The molecule has 2 aliphatic carbocycles. The van der Waals surface area contributed by atoms with Crippen molar-refractivity contribution in [2.24, 2.45) is 5.73 Å². The second-order valence-corrected chi connectivity index (χ2v) is 7.61. The predicted molar refractivity (Wildman–Crippen MR) is 62.3 cm³/mol. The molecule has 0 bridgehead atoms. The minimum atomic E-state index is -0.288. The molecular formula is C12H16IN2O2+. The van der Waals surface area contributed by atoms with Gasteiger partial charge in [0, 0.05) is 18.9 Å². The van der Waals surface area contributed by atoms with E-state index in [-0.39, 0.29) is 31.8 Å². The van der Waals surface area contributed by atoms with Gasteiger partial charge in [-0.15, -0.1) is 0 Å². The molecule has 0 saturated carbocycles. The predicted octanol–water partition coefficient (Wildman–Crippen LogP) is -0.691. The molecule has 0 heterocycles. The molecule has 0 aromatic heterocycles. The molecule has 17 heavy (non-hydrogen) atoms. The zero-order chi connectivity index (χ0) is 12.3. The van der Waals surface area contributed by atoms with E-state index in [2.05, 4.69) is 6.08 Å². The minimum absolute atomic E-state index is 0.200. The van der Waals surface area contributed by atoms with Crippen LogP contribution in [0.4, 0.5) is 0 Å². The lowest BCUT2D eigenvalue weighted by atomic mass is 10.0. The monoisotopic (exact) mass is 347 g/mol. The zero-order valence-electron chi connectivity index (χ0n) is 9.56. The Bertz CT molecular complexity index is 413. The first-order chi connectivity index (χ1) is 8.15. The number of nitrogens with zero attached hydrogens (tertiary/aromatic N) is 1. The first kappa shape index (κ1) is 12.8. The maximum Gasteiger partial charge on any atom is 0.348 e. The maximum absolute atomic E-state index is 10.7. The van der Waals surface area contributed by atoms with Crippen molar-refractivity contribution >= 4 is 0 Å². The van der Waals surface area contributed by atoms with E-state index in [1.165, 1.54) is 7.16 Å². The Morgan fingerprint density at radius 3 is 2.88 bits per heavy atom. The Labute approximate surface area is 111 Å². The van der Waals surface area contributed by atoms with Crippen LogP contribution in [0.15, 0.2) is 31.1 Å². The van der Waals surface area contributed by atoms with Crippen molar-refractivity contribution in [1.82, 2.24) is 0 Å². The number of nitrogens with two attached hydrogens (primary N) is 1. The third-order valence-corrected chi connectivity index (χ3v) is 5.97. The summed E-state index contributed by atoms with van der Waals surface area (Å²) >= 11 is -0.200. The third-order valence-electron chi connectivity index (χ3n) is 2.86. The Morgan fingerprint density at radius 2 is 2.18 bits per heavy atom. The van der Waals surface area contributed by atoms with Gasteiger partial charge >= 0.3 is 21.2 Å². The molecule has 5 heteroatoms. The van der Waals surface area contributed by atoms with Crippen molar-refractivity contribution in [1.29, 1.82) is 0 Å². The highest BCUT2D eigenvalue weighted by Crippen LogP contribution is 2.14. The number of rotatable bonds is 3. The molecule has 92 valence electrons. The Kier molecular flexibility index (Phi) is 4.33. The van der Waals surface area contributed by atoms with Crippen molar-refractivity contribution < 1.29 is 26.1 Å². The van der Waals surface area contributed by atoms with Crippen molar-refractivity contribution in [3.63, 3.8) is 0 Å². The third kappa shape index (κ3) is 3.64. The number of hydrogen-bond donors (Lipinski definition) is 1. The highest BCUT2D eigenvalue weighted by Gasteiger charge is 2.29. The van der Waals surface area contributed by atoms with Gasteiger partial charge in [0.25, 0.3) is 5.70 Å². The van der Waals surface area contributed by atoms with Crippen LogP contribution in [-0.2, 0) is 0 Å². The lowest BCUT2D eigenvalue weighted by Gasteiger charge is -2.12. The van der Waals surface area contributed by atoms with Crippen molar-refractivity contribution in [2.75, 3.05) is 0 Å². The molecule has 0 aliphatic heterocycles. The van der Waals surface area contributed by atoms with Crippen molar-refractivity contribution in [3.05, 3.63) is 41.2 Å². The number of hydrogen-bond acceptors (Lipinski definition) is 3. The van der Waals surface area contributed by atoms with Gasteiger partial charge in [-0.1, -0.05) is 0 Å². The van der Waals surface area contributed by atoms with E-state index in [9.17, 15) is 10.1 Å². The summed E-state index contributed by atoms with van der Waals surface area (Å²) in [6, 6.07) is 0.296. The van der Waals surface area contributed by atoms with Crippen molar-refractivity contribution in [2.45, 2.75) is 38.1 Å². The molecule has 0 spiro atoms. The summed E-state index contributed by atoms with van der Waals surface area (Å²) in [7, 11) is 0. The molecule has 4 nitrogen and oxygen atoms in total. The molecular weight excluding hydrogens is 331 g/mol. The molecule has 2 N–H and O–H groups in total. The van der Waals surface area contributed by atoms with E-state index in [1.54, 1.807) is 12.2 Å². The van der Waals surface area contributed by atoms with Crippen LogP contribution in [0.5, 0.6) is 0 Å². The van der Waals surface area contributed by atoms with Crippen LogP contribution in [0, 0.1) is 10.1 Å². The molecule has 2 aliphatic rings. The second-order valence-electron chi connectivity index (χ2n) is 4.30. The number of nitro groups is 1. The second kappa shape index (κ2) is 5.77. The minimum Gasteiger partial charge on any atom is -0.327 e. The van der Waals surface area contributed by atoms with Gasteiger partial charge in [-0.3, -0.25) is 10.1 Å². The highest BCUT2D eigenvalue weighted by molar-refractivity contribution is 5.19. The van der Waals surface area contributed by atoms with Gasteiger partial charge in [0.15, 0.2) is 7.16 Å². The van der Waals surface area contributed by atoms with Gasteiger partial charge in [-0.05, 0) is 31.4 Å². The van der Waals surface area contributed by atoms with E-state index in [0.29, 0.717) is 6.04 Å². The summed E-state index contributed by atoms with van der Waals surface area (Å²) in [5.41, 5.74) is 6.21. The van der Waals surface area contributed by atoms with Gasteiger partial charge in [-0.25, -0.2) is 0 Å². The molecule has 0 radical (unpaired) electrons. The SMILES string of the molecule is NC1CCC=C([I+]C2=CC([N+](=O)[O-])=CCC2)C1. The first-order valence-corrected chi connectivity index (χ1v) is 7.95. The highest BCUT2D eigenvalue weighted by atomic mass is 127. The molecule has 1 unspecified atom stereocenters. The van der Waals surface area contributed by atoms with E-state index in [1.807, 2.05) is 0 Å². The Morgan fingerprint density at radius 1 is 1.35 bits per heavy atom. The lowest BCUT2D eigenvalue weighted by molar-refractivity contribution is -0.562. The summed E-state index contributed by atoms with van der Waals surface area (Å²) < 4.78 is 2.73. The molecule has 0 fully saturated rings. The topological polar surface area (TPSA) is 69.2 Å².